The van der Waals surface area contributed by atoms with Crippen LogP contribution in [0.25, 0.3) is 0 Å². The van der Waals surface area contributed by atoms with Gasteiger partial charge in [0.25, 0.3) is 0 Å². The van der Waals surface area contributed by atoms with E-state index >= 15 is 0 Å². The van der Waals surface area contributed by atoms with Crippen molar-refractivity contribution in [1.29, 1.82) is 0 Å². The van der Waals surface area contributed by atoms with E-state index in [4.69, 9.17) is 18.9 Å². The Morgan fingerprint density at radius 1 is 0.606 bits per heavy atom. The monoisotopic (exact) mass is 482 g/mol. The molecule has 7 N–H and O–H groups in total. The van der Waals surface area contributed by atoms with Crippen molar-refractivity contribution >= 4 is 0 Å². The topological polar surface area (TPSA) is 179 Å². The second-order valence-electron chi connectivity index (χ2n) is 8.85. The average molecular weight is 483 g/mol. The number of hydrogen-bond acceptors (Lipinski definition) is 11. The van der Waals surface area contributed by atoms with E-state index in [0.717, 1.165) is 19.3 Å². The van der Waals surface area contributed by atoms with E-state index in [1.54, 1.807) is 0 Å². The van der Waals surface area contributed by atoms with Crippen molar-refractivity contribution in [3.8, 4) is 0 Å². The summed E-state index contributed by atoms with van der Waals surface area (Å²) in [4.78, 5) is 0. The van der Waals surface area contributed by atoms with Gasteiger partial charge in [-0.3, -0.25) is 0 Å². The maximum absolute atomic E-state index is 10.6. The molecule has 0 aromatic carbocycles. The minimum atomic E-state index is -1.69. The summed E-state index contributed by atoms with van der Waals surface area (Å²) < 4.78 is 22.0. The molecule has 10 atom stereocenters. The summed E-state index contributed by atoms with van der Waals surface area (Å²) >= 11 is 0. The second kappa shape index (κ2) is 14.8. The predicted octanol–water partition coefficient (Wildman–Crippen LogP) is -1.23. The van der Waals surface area contributed by atoms with Gasteiger partial charge in [-0.15, -0.1) is 0 Å². The van der Waals surface area contributed by atoms with Crippen molar-refractivity contribution in [2.75, 3.05) is 19.8 Å². The summed E-state index contributed by atoms with van der Waals surface area (Å²) in [5.41, 5.74) is 0. The van der Waals surface area contributed by atoms with Crippen LogP contribution in [-0.4, -0.2) is 117 Å². The maximum Gasteiger partial charge on any atom is 0.187 e. The van der Waals surface area contributed by atoms with Crippen molar-refractivity contribution in [1.82, 2.24) is 0 Å². The fourth-order valence-electron chi connectivity index (χ4n) is 4.13. The molecule has 196 valence electrons. The fraction of sp³-hybridized carbons (Fsp3) is 1.00. The first kappa shape index (κ1) is 28.8. The lowest BCUT2D eigenvalue weighted by Crippen LogP contribution is -2.64. The Bertz CT molecular complexity index is 521. The molecule has 11 nitrogen and oxygen atoms in total. The second-order valence-corrected chi connectivity index (χ2v) is 8.85. The molecule has 0 radical (unpaired) electrons. The first-order valence-electron chi connectivity index (χ1n) is 12.1. The third-order valence-corrected chi connectivity index (χ3v) is 6.24. The molecule has 0 aromatic rings. The molecule has 0 bridgehead atoms. The van der Waals surface area contributed by atoms with Crippen LogP contribution < -0.4 is 0 Å². The Morgan fingerprint density at radius 3 is 1.76 bits per heavy atom. The van der Waals surface area contributed by atoms with Crippen LogP contribution >= 0.6 is 0 Å². The molecule has 2 aliphatic rings. The van der Waals surface area contributed by atoms with Gasteiger partial charge in [0.15, 0.2) is 12.6 Å². The van der Waals surface area contributed by atoms with Crippen molar-refractivity contribution in [2.45, 2.75) is 120 Å². The third-order valence-electron chi connectivity index (χ3n) is 6.24. The van der Waals surface area contributed by atoms with Crippen LogP contribution in [0.2, 0.25) is 0 Å². The van der Waals surface area contributed by atoms with Gasteiger partial charge in [0, 0.05) is 6.61 Å². The average Bonchev–Trinajstić information content (AvgIpc) is 2.82. The van der Waals surface area contributed by atoms with Crippen LogP contribution in [0.1, 0.15) is 58.3 Å². The molecular weight excluding hydrogens is 440 g/mol. The van der Waals surface area contributed by atoms with Gasteiger partial charge in [-0.1, -0.05) is 51.9 Å². The van der Waals surface area contributed by atoms with E-state index in [2.05, 4.69) is 6.92 Å². The summed E-state index contributed by atoms with van der Waals surface area (Å²) in [6, 6.07) is 0. The maximum atomic E-state index is 10.6. The molecule has 0 saturated carbocycles. The number of aliphatic hydroxyl groups excluding tert-OH is 7. The molecule has 0 amide bonds. The molecular formula is C22H42O11. The lowest BCUT2D eigenvalue weighted by molar-refractivity contribution is -0.359. The minimum Gasteiger partial charge on any atom is -0.394 e. The molecule has 0 unspecified atom stereocenters. The lowest BCUT2D eigenvalue weighted by atomic mass is 9.97. The zero-order chi connectivity index (χ0) is 24.4. The predicted molar refractivity (Wildman–Crippen MR) is 115 cm³/mol. The molecule has 0 aliphatic carbocycles. The largest absolute Gasteiger partial charge is 0.394 e. The first-order chi connectivity index (χ1) is 15.8. The Balaban J connectivity index is 1.82. The highest BCUT2D eigenvalue weighted by Crippen LogP contribution is 2.29. The van der Waals surface area contributed by atoms with Gasteiger partial charge in [-0.25, -0.2) is 0 Å². The Morgan fingerprint density at radius 2 is 1.15 bits per heavy atom. The zero-order valence-electron chi connectivity index (χ0n) is 19.3. The Kier molecular flexibility index (Phi) is 13.0. The van der Waals surface area contributed by atoms with Gasteiger partial charge in [-0.2, -0.15) is 0 Å². The van der Waals surface area contributed by atoms with Gasteiger partial charge in [0.1, 0.15) is 48.8 Å². The highest BCUT2D eigenvalue weighted by molar-refractivity contribution is 4.94. The van der Waals surface area contributed by atoms with Crippen LogP contribution in [0.4, 0.5) is 0 Å². The summed E-state index contributed by atoms with van der Waals surface area (Å²) in [6.07, 6.45) is -5.35. The molecule has 0 aromatic heterocycles. The number of rotatable bonds is 14. The van der Waals surface area contributed by atoms with E-state index in [0.29, 0.717) is 6.61 Å². The van der Waals surface area contributed by atoms with E-state index in [-0.39, 0.29) is 0 Å². The van der Waals surface area contributed by atoms with Crippen LogP contribution in [-0.2, 0) is 18.9 Å². The van der Waals surface area contributed by atoms with E-state index in [1.807, 2.05) is 0 Å². The molecule has 2 saturated heterocycles. The summed E-state index contributed by atoms with van der Waals surface area (Å²) in [5.74, 6) is 0. The highest BCUT2D eigenvalue weighted by Gasteiger charge is 2.50. The molecule has 2 heterocycles. The van der Waals surface area contributed by atoms with E-state index in [9.17, 15) is 35.7 Å². The Hall–Kier alpha value is -0.440. The fourth-order valence-corrected chi connectivity index (χ4v) is 4.13. The minimum absolute atomic E-state index is 0.319. The first-order valence-corrected chi connectivity index (χ1v) is 12.1. The molecule has 11 heteroatoms. The number of unbranched alkanes of at least 4 members (excludes halogenated alkanes) is 7. The van der Waals surface area contributed by atoms with Gasteiger partial charge in [-0.05, 0) is 6.42 Å². The quantitative estimate of drug-likeness (QED) is 0.147. The molecule has 2 aliphatic heterocycles. The van der Waals surface area contributed by atoms with Gasteiger partial charge < -0.3 is 54.7 Å². The highest BCUT2D eigenvalue weighted by atomic mass is 16.7. The zero-order valence-corrected chi connectivity index (χ0v) is 19.3. The van der Waals surface area contributed by atoms with Gasteiger partial charge in [0.2, 0.25) is 0 Å². The summed E-state index contributed by atoms with van der Waals surface area (Å²) in [5, 5.41) is 69.9. The van der Waals surface area contributed by atoms with Crippen LogP contribution in [0, 0.1) is 0 Å². The van der Waals surface area contributed by atoms with Crippen molar-refractivity contribution in [3.05, 3.63) is 0 Å². The molecule has 2 rings (SSSR count). The number of ether oxygens (including phenoxy) is 4. The third kappa shape index (κ3) is 8.04. The smallest absolute Gasteiger partial charge is 0.187 e. The SMILES string of the molecule is CCCCCCCCCCO[C@@H]1O[C@H](CO)[C@@H](O[C@H]2O[C@H](CO)[C@@H](O)[C@H](O)[C@@H]2O)[C@@H](O)[C@H]1O. The van der Waals surface area contributed by atoms with Crippen LogP contribution in [0.3, 0.4) is 0 Å². The number of aliphatic hydroxyl groups is 7. The van der Waals surface area contributed by atoms with E-state index in [1.165, 1.54) is 32.1 Å². The van der Waals surface area contributed by atoms with Crippen molar-refractivity contribution in [2.24, 2.45) is 0 Å². The molecule has 33 heavy (non-hydrogen) atoms. The lowest BCUT2D eigenvalue weighted by Gasteiger charge is -2.45. The summed E-state index contributed by atoms with van der Waals surface area (Å²) in [6.45, 7) is 1.28. The van der Waals surface area contributed by atoms with Crippen molar-refractivity contribution < 1.29 is 54.7 Å². The normalized spacial score (nSPS) is 39.6. The number of hydrogen-bond donors (Lipinski definition) is 7. The van der Waals surface area contributed by atoms with Gasteiger partial charge >= 0.3 is 0 Å². The molecule has 2 fully saturated rings. The summed E-state index contributed by atoms with van der Waals surface area (Å²) in [7, 11) is 0. The van der Waals surface area contributed by atoms with Crippen molar-refractivity contribution in [3.63, 3.8) is 0 Å². The Labute approximate surface area is 194 Å². The van der Waals surface area contributed by atoms with Crippen LogP contribution in [0.15, 0.2) is 0 Å². The standard InChI is InChI=1S/C22H42O11/c1-2-3-4-5-6-7-8-9-10-30-21-19(29)17(27)20(14(12-24)32-21)33-22-18(28)16(26)15(25)13(11-23)31-22/h13-29H,2-12H2,1H3/t13-,14-,15-,16+,17+,18+,19-,20-,21-,22-/m1/s1. The van der Waals surface area contributed by atoms with Gasteiger partial charge in [0.05, 0.1) is 13.2 Å². The van der Waals surface area contributed by atoms with E-state index < -0.39 is 74.6 Å². The molecule has 0 spiro atoms. The van der Waals surface area contributed by atoms with Crippen LogP contribution in [0.5, 0.6) is 0 Å².